The van der Waals surface area contributed by atoms with Crippen molar-refractivity contribution in [2.75, 3.05) is 11.4 Å². The number of rotatable bonds is 4. The minimum absolute atomic E-state index is 0.871. The lowest BCUT2D eigenvalue weighted by atomic mass is 10.1. The number of hydrogen-bond donors (Lipinski definition) is 0. The van der Waals surface area contributed by atoms with Crippen LogP contribution in [0.4, 0.5) is 11.4 Å². The number of benzene rings is 4. The van der Waals surface area contributed by atoms with Crippen molar-refractivity contribution < 1.29 is 4.57 Å². The summed E-state index contributed by atoms with van der Waals surface area (Å²) >= 11 is 0. The zero-order chi connectivity index (χ0) is 20.6. The van der Waals surface area contributed by atoms with Crippen LogP contribution in [0.5, 0.6) is 0 Å². The standard InChI is InChI=1S/C27H24NOP/c1-21-11-10-18-26(27(21)28-20-19-22-12-8-9-17-25(22)28)30(29,23-13-4-2-5-14-23)24-15-6-3-7-16-24/h2-18H,19-20H2,1H3. The zero-order valence-corrected chi connectivity index (χ0v) is 17.9. The molecule has 0 saturated carbocycles. The Hall–Kier alpha value is -3.09. The zero-order valence-electron chi connectivity index (χ0n) is 17.0. The lowest BCUT2D eigenvalue weighted by Crippen LogP contribution is -2.30. The molecule has 148 valence electrons. The van der Waals surface area contributed by atoms with Crippen molar-refractivity contribution in [1.82, 2.24) is 0 Å². The predicted octanol–water partition coefficient (Wildman–Crippen LogP) is 5.33. The highest BCUT2D eigenvalue weighted by molar-refractivity contribution is 7.85. The average Bonchev–Trinajstić information content (AvgIpc) is 3.23. The van der Waals surface area contributed by atoms with E-state index in [-0.39, 0.29) is 0 Å². The third kappa shape index (κ3) is 3.00. The molecule has 0 aromatic heterocycles. The lowest BCUT2D eigenvalue weighted by Gasteiger charge is -2.29. The Kier molecular flexibility index (Phi) is 4.81. The Morgan fingerprint density at radius 3 is 1.97 bits per heavy atom. The van der Waals surface area contributed by atoms with E-state index in [1.54, 1.807) is 0 Å². The number of para-hydroxylation sites is 2. The number of aryl methyl sites for hydroxylation is 1. The quantitative estimate of drug-likeness (QED) is 0.425. The first-order chi connectivity index (χ1) is 14.7. The van der Waals surface area contributed by atoms with Crippen LogP contribution in [0.1, 0.15) is 11.1 Å². The molecule has 0 amide bonds. The van der Waals surface area contributed by atoms with Crippen LogP contribution in [0.25, 0.3) is 0 Å². The maximum atomic E-state index is 15.0. The lowest BCUT2D eigenvalue weighted by molar-refractivity contribution is 0.592. The fourth-order valence-electron chi connectivity index (χ4n) is 4.52. The third-order valence-corrected chi connectivity index (χ3v) is 9.04. The number of anilines is 2. The smallest absolute Gasteiger partial charge is 0.173 e. The van der Waals surface area contributed by atoms with Gasteiger partial charge in [-0.15, -0.1) is 0 Å². The van der Waals surface area contributed by atoms with Crippen LogP contribution in [-0.4, -0.2) is 6.54 Å². The summed E-state index contributed by atoms with van der Waals surface area (Å²) in [5.41, 5.74) is 4.80. The Balaban J connectivity index is 1.79. The van der Waals surface area contributed by atoms with Gasteiger partial charge in [0.1, 0.15) is 0 Å². The maximum absolute atomic E-state index is 15.0. The summed E-state index contributed by atoms with van der Waals surface area (Å²) in [7, 11) is -3.05. The summed E-state index contributed by atoms with van der Waals surface area (Å²) in [5.74, 6) is 0. The van der Waals surface area contributed by atoms with Gasteiger partial charge in [0.05, 0.1) is 5.69 Å². The van der Waals surface area contributed by atoms with Crippen LogP contribution in [0, 0.1) is 6.92 Å². The van der Waals surface area contributed by atoms with Crippen LogP contribution in [0.2, 0.25) is 0 Å². The van der Waals surface area contributed by atoms with Crippen molar-refractivity contribution in [3.05, 3.63) is 114 Å². The molecular formula is C27H24NOP. The molecule has 0 spiro atoms. The van der Waals surface area contributed by atoms with Crippen molar-refractivity contribution in [3.8, 4) is 0 Å². The van der Waals surface area contributed by atoms with Crippen molar-refractivity contribution in [1.29, 1.82) is 0 Å². The van der Waals surface area contributed by atoms with E-state index in [0.717, 1.165) is 40.1 Å². The molecule has 4 aromatic rings. The van der Waals surface area contributed by atoms with Crippen molar-refractivity contribution >= 4 is 34.4 Å². The Labute approximate surface area is 178 Å². The second-order valence-electron chi connectivity index (χ2n) is 7.75. The monoisotopic (exact) mass is 409 g/mol. The minimum Gasteiger partial charge on any atom is -0.340 e. The molecule has 0 fully saturated rings. The second kappa shape index (κ2) is 7.63. The summed E-state index contributed by atoms with van der Waals surface area (Å²) in [6.45, 7) is 3.03. The van der Waals surface area contributed by atoms with E-state index in [4.69, 9.17) is 0 Å². The highest BCUT2D eigenvalue weighted by Crippen LogP contribution is 2.47. The molecule has 1 aliphatic heterocycles. The van der Waals surface area contributed by atoms with Gasteiger partial charge in [-0.2, -0.15) is 0 Å². The fourth-order valence-corrected chi connectivity index (χ4v) is 7.45. The summed E-state index contributed by atoms with van der Waals surface area (Å²) < 4.78 is 15.0. The SMILES string of the molecule is Cc1cccc(P(=O)(c2ccccc2)c2ccccc2)c1N1CCc2ccccc21. The van der Waals surface area contributed by atoms with Crippen molar-refractivity contribution in [3.63, 3.8) is 0 Å². The molecule has 5 rings (SSSR count). The molecule has 0 bridgehead atoms. The first-order valence-corrected chi connectivity index (χ1v) is 12.1. The predicted molar refractivity (Wildman–Crippen MR) is 128 cm³/mol. The molecule has 30 heavy (non-hydrogen) atoms. The van der Waals surface area contributed by atoms with E-state index in [9.17, 15) is 0 Å². The van der Waals surface area contributed by atoms with Crippen LogP contribution in [-0.2, 0) is 11.0 Å². The van der Waals surface area contributed by atoms with Crippen LogP contribution >= 0.6 is 7.14 Å². The van der Waals surface area contributed by atoms with Gasteiger partial charge in [0.25, 0.3) is 0 Å². The second-order valence-corrected chi connectivity index (χ2v) is 10.5. The van der Waals surface area contributed by atoms with Gasteiger partial charge in [-0.1, -0.05) is 91.0 Å². The summed E-state index contributed by atoms with van der Waals surface area (Å²) in [4.78, 5) is 2.36. The molecule has 0 aliphatic carbocycles. The van der Waals surface area contributed by atoms with Gasteiger partial charge in [-0.3, -0.25) is 0 Å². The van der Waals surface area contributed by atoms with Gasteiger partial charge >= 0.3 is 0 Å². The highest BCUT2D eigenvalue weighted by Gasteiger charge is 2.35. The molecule has 0 atom stereocenters. The molecular weight excluding hydrogens is 385 g/mol. The van der Waals surface area contributed by atoms with Gasteiger partial charge in [0.2, 0.25) is 0 Å². The maximum Gasteiger partial charge on any atom is 0.173 e. The van der Waals surface area contributed by atoms with Gasteiger partial charge in [0.15, 0.2) is 7.14 Å². The van der Waals surface area contributed by atoms with Gasteiger partial charge in [0, 0.05) is 28.1 Å². The Morgan fingerprint density at radius 2 is 1.30 bits per heavy atom. The molecule has 1 heterocycles. The molecule has 0 radical (unpaired) electrons. The molecule has 0 saturated heterocycles. The highest BCUT2D eigenvalue weighted by atomic mass is 31.2. The summed E-state index contributed by atoms with van der Waals surface area (Å²) in [5, 5.41) is 2.66. The van der Waals surface area contributed by atoms with E-state index in [1.165, 1.54) is 11.3 Å². The molecule has 2 nitrogen and oxygen atoms in total. The van der Waals surface area contributed by atoms with Gasteiger partial charge in [-0.25, -0.2) is 0 Å². The summed E-state index contributed by atoms with van der Waals surface area (Å²) in [6, 6.07) is 34.6. The van der Waals surface area contributed by atoms with Gasteiger partial charge < -0.3 is 9.46 Å². The minimum atomic E-state index is -3.05. The average molecular weight is 409 g/mol. The van der Waals surface area contributed by atoms with Crippen LogP contribution in [0.15, 0.2) is 103 Å². The van der Waals surface area contributed by atoms with Crippen LogP contribution < -0.4 is 20.8 Å². The van der Waals surface area contributed by atoms with E-state index in [0.29, 0.717) is 0 Å². The first-order valence-electron chi connectivity index (χ1n) is 10.4. The molecule has 4 aromatic carbocycles. The third-order valence-electron chi connectivity index (χ3n) is 5.95. The van der Waals surface area contributed by atoms with Crippen LogP contribution in [0.3, 0.4) is 0 Å². The summed E-state index contributed by atoms with van der Waals surface area (Å²) in [6.07, 6.45) is 1.00. The fraction of sp³-hybridized carbons (Fsp3) is 0.111. The molecule has 1 aliphatic rings. The Bertz CT molecular complexity index is 1190. The van der Waals surface area contributed by atoms with E-state index in [2.05, 4.69) is 48.2 Å². The van der Waals surface area contributed by atoms with Crippen molar-refractivity contribution in [2.45, 2.75) is 13.3 Å². The number of nitrogens with zero attached hydrogens (tertiary/aromatic N) is 1. The van der Waals surface area contributed by atoms with E-state index < -0.39 is 7.14 Å². The van der Waals surface area contributed by atoms with Crippen molar-refractivity contribution in [2.24, 2.45) is 0 Å². The molecule has 3 heteroatoms. The largest absolute Gasteiger partial charge is 0.340 e. The topological polar surface area (TPSA) is 20.3 Å². The molecule has 0 unspecified atom stereocenters. The number of fused-ring (bicyclic) bond motifs is 1. The van der Waals surface area contributed by atoms with Gasteiger partial charge in [-0.05, 0) is 36.6 Å². The molecule has 0 N–H and O–H groups in total. The normalized spacial score (nSPS) is 13.3. The first kappa shape index (κ1) is 18.9. The van der Waals surface area contributed by atoms with E-state index >= 15 is 4.57 Å². The van der Waals surface area contributed by atoms with E-state index in [1.807, 2.05) is 66.7 Å². The number of hydrogen-bond acceptors (Lipinski definition) is 2. The Morgan fingerprint density at radius 1 is 0.700 bits per heavy atom.